The van der Waals surface area contributed by atoms with Gasteiger partial charge in [-0.15, -0.1) is 0 Å². The normalized spacial score (nSPS) is 10.5. The van der Waals surface area contributed by atoms with E-state index in [-0.39, 0.29) is 5.78 Å². The molecule has 0 amide bonds. The number of ketones is 1. The summed E-state index contributed by atoms with van der Waals surface area (Å²) in [7, 11) is 0. The zero-order chi connectivity index (χ0) is 14.2. The number of carbonyl (C=O) groups excluding carboxylic acids is 1. The largest absolute Gasteiger partial charge is 0.399 e. The number of nitrogens with two attached hydrogens (primary N) is 1. The van der Waals surface area contributed by atoms with Crippen LogP contribution in [0.2, 0.25) is 0 Å². The highest BCUT2D eigenvalue weighted by Gasteiger charge is 2.17. The Kier molecular flexibility index (Phi) is 3.43. The van der Waals surface area contributed by atoms with Gasteiger partial charge in [-0.1, -0.05) is 18.2 Å². The zero-order valence-electron chi connectivity index (χ0n) is 11.9. The van der Waals surface area contributed by atoms with Crippen molar-refractivity contribution in [1.29, 1.82) is 0 Å². The molecule has 0 aliphatic carbocycles. The summed E-state index contributed by atoms with van der Waals surface area (Å²) in [6.07, 6.45) is 0. The Morgan fingerprint density at radius 1 is 0.947 bits per heavy atom. The number of carbonyl (C=O) groups is 1. The van der Waals surface area contributed by atoms with Gasteiger partial charge in [-0.3, -0.25) is 4.79 Å². The maximum Gasteiger partial charge on any atom is 0.193 e. The quantitative estimate of drug-likeness (QED) is 0.654. The minimum absolute atomic E-state index is 0.0501. The summed E-state index contributed by atoms with van der Waals surface area (Å²) in [5, 5.41) is 0. The third-order valence-corrected chi connectivity index (χ3v) is 3.74. The van der Waals surface area contributed by atoms with Gasteiger partial charge in [0.15, 0.2) is 5.78 Å². The van der Waals surface area contributed by atoms with E-state index in [0.717, 1.165) is 27.8 Å². The maximum atomic E-state index is 12.7. The van der Waals surface area contributed by atoms with Crippen LogP contribution in [0.3, 0.4) is 0 Å². The summed E-state index contributed by atoms with van der Waals surface area (Å²) < 4.78 is 0. The highest BCUT2D eigenvalue weighted by atomic mass is 16.1. The van der Waals surface area contributed by atoms with E-state index < -0.39 is 0 Å². The van der Waals surface area contributed by atoms with Gasteiger partial charge in [-0.2, -0.15) is 0 Å². The lowest BCUT2D eigenvalue weighted by Crippen LogP contribution is -2.09. The van der Waals surface area contributed by atoms with Gasteiger partial charge in [0.1, 0.15) is 0 Å². The van der Waals surface area contributed by atoms with Crippen LogP contribution < -0.4 is 5.73 Å². The molecule has 0 bridgehead atoms. The van der Waals surface area contributed by atoms with Gasteiger partial charge < -0.3 is 5.73 Å². The molecule has 0 aliphatic heterocycles. The Hall–Kier alpha value is -2.09. The van der Waals surface area contributed by atoms with E-state index in [0.29, 0.717) is 11.3 Å². The molecule has 0 heterocycles. The Bertz CT molecular complexity index is 630. The number of anilines is 1. The first-order chi connectivity index (χ1) is 8.91. The molecule has 2 heteroatoms. The van der Waals surface area contributed by atoms with Gasteiger partial charge in [0.05, 0.1) is 0 Å². The molecule has 0 unspecified atom stereocenters. The molecule has 0 saturated carbocycles. The summed E-state index contributed by atoms with van der Waals surface area (Å²) >= 11 is 0. The minimum atomic E-state index is 0.0501. The van der Waals surface area contributed by atoms with Crippen LogP contribution in [-0.2, 0) is 0 Å². The van der Waals surface area contributed by atoms with Crippen molar-refractivity contribution < 1.29 is 4.79 Å². The van der Waals surface area contributed by atoms with Crippen molar-refractivity contribution in [2.24, 2.45) is 0 Å². The van der Waals surface area contributed by atoms with Crippen LogP contribution in [0.5, 0.6) is 0 Å². The average molecular weight is 253 g/mol. The molecule has 0 aromatic heterocycles. The molecular weight excluding hydrogens is 234 g/mol. The second-order valence-electron chi connectivity index (χ2n) is 5.09. The summed E-state index contributed by atoms with van der Waals surface area (Å²) in [5.74, 6) is 0.0501. The Morgan fingerprint density at radius 2 is 1.53 bits per heavy atom. The van der Waals surface area contributed by atoms with Gasteiger partial charge in [0.2, 0.25) is 0 Å². The van der Waals surface area contributed by atoms with Crippen molar-refractivity contribution in [2.75, 3.05) is 5.73 Å². The first-order valence-electron chi connectivity index (χ1n) is 6.39. The van der Waals surface area contributed by atoms with Crippen LogP contribution in [-0.4, -0.2) is 5.78 Å². The lowest BCUT2D eigenvalue weighted by Gasteiger charge is -2.14. The number of rotatable bonds is 2. The molecule has 0 atom stereocenters. The molecule has 2 aromatic rings. The van der Waals surface area contributed by atoms with Crippen LogP contribution in [0.15, 0.2) is 30.3 Å². The molecule has 2 rings (SSSR count). The highest BCUT2D eigenvalue weighted by molar-refractivity contribution is 6.11. The van der Waals surface area contributed by atoms with Crippen LogP contribution in [0, 0.1) is 27.7 Å². The molecule has 19 heavy (non-hydrogen) atoms. The second-order valence-corrected chi connectivity index (χ2v) is 5.09. The van der Waals surface area contributed by atoms with E-state index in [1.54, 1.807) is 12.1 Å². The number of hydrogen-bond acceptors (Lipinski definition) is 2. The first kappa shape index (κ1) is 13.3. The van der Waals surface area contributed by atoms with E-state index >= 15 is 0 Å². The SMILES string of the molecule is Cc1cc(C)c(C)c(C(=O)c2cccc(N)c2)c1C. The summed E-state index contributed by atoms with van der Waals surface area (Å²) in [4.78, 5) is 12.7. The molecule has 0 radical (unpaired) electrons. The van der Waals surface area contributed by atoms with Crippen LogP contribution in [0.25, 0.3) is 0 Å². The van der Waals surface area contributed by atoms with E-state index in [1.165, 1.54) is 0 Å². The monoisotopic (exact) mass is 253 g/mol. The van der Waals surface area contributed by atoms with Gasteiger partial charge in [0, 0.05) is 16.8 Å². The number of hydrogen-bond donors (Lipinski definition) is 1. The van der Waals surface area contributed by atoms with Crippen molar-refractivity contribution in [3.63, 3.8) is 0 Å². The fraction of sp³-hybridized carbons (Fsp3) is 0.235. The summed E-state index contributed by atoms with van der Waals surface area (Å²) in [5.41, 5.74) is 12.2. The van der Waals surface area contributed by atoms with E-state index in [2.05, 4.69) is 6.07 Å². The Balaban J connectivity index is 2.62. The lowest BCUT2D eigenvalue weighted by molar-refractivity contribution is 0.103. The van der Waals surface area contributed by atoms with Crippen LogP contribution in [0.1, 0.15) is 38.2 Å². The standard InChI is InChI=1S/C17H19NO/c1-10-8-11(2)13(4)16(12(10)3)17(19)14-6-5-7-15(18)9-14/h5-9H,18H2,1-4H3. The number of nitrogen functional groups attached to an aromatic ring is 1. The average Bonchev–Trinajstić information content (AvgIpc) is 2.36. The fourth-order valence-electron chi connectivity index (χ4n) is 2.38. The van der Waals surface area contributed by atoms with Gasteiger partial charge in [-0.05, 0) is 62.1 Å². The van der Waals surface area contributed by atoms with Crippen LogP contribution >= 0.6 is 0 Å². The molecule has 0 saturated heterocycles. The van der Waals surface area contributed by atoms with Gasteiger partial charge in [-0.25, -0.2) is 0 Å². The fourth-order valence-corrected chi connectivity index (χ4v) is 2.38. The molecule has 0 fully saturated rings. The third-order valence-electron chi connectivity index (χ3n) is 3.74. The van der Waals surface area contributed by atoms with Crippen LogP contribution in [0.4, 0.5) is 5.69 Å². The van der Waals surface area contributed by atoms with Crippen molar-refractivity contribution in [1.82, 2.24) is 0 Å². The predicted molar refractivity (Wildman–Crippen MR) is 79.7 cm³/mol. The lowest BCUT2D eigenvalue weighted by atomic mass is 9.89. The molecule has 0 spiro atoms. The van der Waals surface area contributed by atoms with Crippen molar-refractivity contribution in [3.05, 3.63) is 63.7 Å². The summed E-state index contributed by atoms with van der Waals surface area (Å²) in [6.45, 7) is 8.08. The topological polar surface area (TPSA) is 43.1 Å². The zero-order valence-corrected chi connectivity index (χ0v) is 11.9. The number of aryl methyl sites for hydroxylation is 2. The van der Waals surface area contributed by atoms with E-state index in [9.17, 15) is 4.79 Å². The third kappa shape index (κ3) is 2.39. The van der Waals surface area contributed by atoms with Crippen molar-refractivity contribution in [3.8, 4) is 0 Å². The Morgan fingerprint density at radius 3 is 2.05 bits per heavy atom. The second kappa shape index (κ2) is 4.88. The molecule has 0 aliphatic rings. The maximum absolute atomic E-state index is 12.7. The minimum Gasteiger partial charge on any atom is -0.399 e. The molecule has 2 N–H and O–H groups in total. The molecule has 98 valence electrons. The van der Waals surface area contributed by atoms with Crippen molar-refractivity contribution >= 4 is 11.5 Å². The Labute approximate surface area is 114 Å². The van der Waals surface area contributed by atoms with Gasteiger partial charge >= 0.3 is 0 Å². The molecule has 2 nitrogen and oxygen atoms in total. The van der Waals surface area contributed by atoms with Gasteiger partial charge in [0.25, 0.3) is 0 Å². The summed E-state index contributed by atoms with van der Waals surface area (Å²) in [6, 6.07) is 9.28. The van der Waals surface area contributed by atoms with Crippen molar-refractivity contribution in [2.45, 2.75) is 27.7 Å². The van der Waals surface area contributed by atoms with E-state index in [4.69, 9.17) is 5.73 Å². The first-order valence-corrected chi connectivity index (χ1v) is 6.39. The van der Waals surface area contributed by atoms with E-state index in [1.807, 2.05) is 39.8 Å². The molecule has 2 aromatic carbocycles. The highest BCUT2D eigenvalue weighted by Crippen LogP contribution is 2.24. The smallest absolute Gasteiger partial charge is 0.193 e. The number of benzene rings is 2. The predicted octanol–water partition coefficient (Wildman–Crippen LogP) is 3.73. The molecular formula is C17H19NO.